The van der Waals surface area contributed by atoms with Crippen LogP contribution in [0.5, 0.6) is 0 Å². The number of rotatable bonds is 1. The molecule has 0 aromatic heterocycles. The first kappa shape index (κ1) is 13.6. The zero-order valence-electron chi connectivity index (χ0n) is 11.5. The first-order valence-corrected chi connectivity index (χ1v) is 6.61. The number of alkyl halides is 1. The van der Waals surface area contributed by atoms with Crippen molar-refractivity contribution in [1.82, 2.24) is 10.2 Å². The number of likely N-dealkylation sites (tertiary alicyclic amines) is 1. The van der Waals surface area contributed by atoms with E-state index in [-0.39, 0.29) is 24.1 Å². The highest BCUT2D eigenvalue weighted by Crippen LogP contribution is 2.41. The van der Waals surface area contributed by atoms with Gasteiger partial charge in [-0.25, -0.2) is 4.79 Å². The van der Waals surface area contributed by atoms with E-state index >= 15 is 0 Å². The minimum Gasteiger partial charge on any atom is -0.444 e. The topological polar surface area (TPSA) is 41.6 Å². The maximum Gasteiger partial charge on any atom is 0.410 e. The van der Waals surface area contributed by atoms with E-state index in [1.807, 2.05) is 20.8 Å². The molecule has 2 atom stereocenters. The highest BCUT2D eigenvalue weighted by Gasteiger charge is 2.49. The Balaban J connectivity index is 1.98. The summed E-state index contributed by atoms with van der Waals surface area (Å²) in [6.07, 6.45) is 0.595. The van der Waals surface area contributed by atoms with Crippen LogP contribution in [0.3, 0.4) is 0 Å². The molecule has 0 bridgehead atoms. The number of hydrogen-bond donors (Lipinski definition) is 1. The Morgan fingerprint density at radius 3 is 2.89 bits per heavy atom. The van der Waals surface area contributed by atoms with E-state index in [2.05, 4.69) is 5.32 Å². The van der Waals surface area contributed by atoms with Crippen molar-refractivity contribution in [1.29, 1.82) is 0 Å². The molecule has 1 spiro atoms. The van der Waals surface area contributed by atoms with Gasteiger partial charge >= 0.3 is 6.09 Å². The van der Waals surface area contributed by atoms with Gasteiger partial charge in [-0.1, -0.05) is 0 Å². The van der Waals surface area contributed by atoms with E-state index < -0.39 is 5.60 Å². The fourth-order valence-electron chi connectivity index (χ4n) is 2.93. The number of carbonyl (C=O) groups is 1. The van der Waals surface area contributed by atoms with E-state index in [0.717, 1.165) is 19.5 Å². The van der Waals surface area contributed by atoms with Gasteiger partial charge < -0.3 is 15.0 Å². The van der Waals surface area contributed by atoms with Gasteiger partial charge in [-0.15, -0.1) is 0 Å². The summed E-state index contributed by atoms with van der Waals surface area (Å²) < 4.78 is 18.4. The first-order chi connectivity index (χ1) is 8.36. The normalized spacial score (nSPS) is 32.2. The molecule has 2 rings (SSSR count). The van der Waals surface area contributed by atoms with E-state index in [0.29, 0.717) is 13.1 Å². The van der Waals surface area contributed by atoms with Crippen LogP contribution in [0, 0.1) is 11.3 Å². The van der Waals surface area contributed by atoms with Crippen molar-refractivity contribution in [2.75, 3.05) is 32.9 Å². The Kier molecular flexibility index (Phi) is 3.54. The largest absolute Gasteiger partial charge is 0.444 e. The predicted octanol–water partition coefficient (Wildman–Crippen LogP) is 1.80. The predicted molar refractivity (Wildman–Crippen MR) is 67.2 cm³/mol. The number of halogens is 1. The highest BCUT2D eigenvalue weighted by atomic mass is 19.1. The average Bonchev–Trinajstić information content (AvgIpc) is 2.84. The molecule has 2 heterocycles. The first-order valence-electron chi connectivity index (χ1n) is 6.61. The van der Waals surface area contributed by atoms with Crippen LogP contribution < -0.4 is 5.32 Å². The average molecular weight is 258 g/mol. The van der Waals surface area contributed by atoms with Crippen molar-refractivity contribution in [2.45, 2.75) is 32.8 Å². The molecule has 2 aliphatic heterocycles. The van der Waals surface area contributed by atoms with Crippen molar-refractivity contribution in [3.8, 4) is 0 Å². The van der Waals surface area contributed by atoms with Gasteiger partial charge in [0.1, 0.15) is 5.60 Å². The van der Waals surface area contributed by atoms with Crippen molar-refractivity contribution in [2.24, 2.45) is 11.3 Å². The molecule has 0 aromatic carbocycles. The standard InChI is InChI=1S/C13H23FN2O2/c1-12(2,3)18-11(17)16-5-4-13(9-16)8-15-7-10(13)6-14/h10,15H,4-9H2,1-3H3. The molecule has 2 unspecified atom stereocenters. The monoisotopic (exact) mass is 258 g/mol. The Bertz CT molecular complexity index is 329. The lowest BCUT2D eigenvalue weighted by Gasteiger charge is -2.29. The molecule has 2 fully saturated rings. The SMILES string of the molecule is CC(C)(C)OC(=O)N1CCC2(CNCC2CF)C1. The summed E-state index contributed by atoms with van der Waals surface area (Å²) in [5, 5.41) is 3.24. The number of nitrogens with one attached hydrogen (secondary N) is 1. The Labute approximate surface area is 108 Å². The van der Waals surface area contributed by atoms with Crippen LogP contribution in [-0.4, -0.2) is 49.4 Å². The van der Waals surface area contributed by atoms with Crippen LogP contribution >= 0.6 is 0 Å². The second-order valence-electron chi connectivity index (χ2n) is 6.50. The molecule has 0 radical (unpaired) electrons. The molecule has 18 heavy (non-hydrogen) atoms. The van der Waals surface area contributed by atoms with Crippen LogP contribution in [0.15, 0.2) is 0 Å². The minimum atomic E-state index is -0.472. The number of ether oxygens (including phenoxy) is 1. The molecule has 5 heteroatoms. The third kappa shape index (κ3) is 2.60. The van der Waals surface area contributed by atoms with E-state index in [1.54, 1.807) is 4.90 Å². The summed E-state index contributed by atoms with van der Waals surface area (Å²) >= 11 is 0. The van der Waals surface area contributed by atoms with Crippen LogP contribution in [0.2, 0.25) is 0 Å². The van der Waals surface area contributed by atoms with Gasteiger partial charge in [0, 0.05) is 37.5 Å². The molecule has 1 amide bonds. The quantitative estimate of drug-likeness (QED) is 0.780. The number of carbonyl (C=O) groups excluding carboxylic acids is 1. The maximum absolute atomic E-state index is 13.0. The van der Waals surface area contributed by atoms with Gasteiger partial charge in [-0.3, -0.25) is 4.39 Å². The van der Waals surface area contributed by atoms with E-state index in [4.69, 9.17) is 4.74 Å². The lowest BCUT2D eigenvalue weighted by atomic mass is 9.78. The molecular formula is C13H23FN2O2. The smallest absolute Gasteiger partial charge is 0.410 e. The Morgan fingerprint density at radius 2 is 2.28 bits per heavy atom. The molecule has 104 valence electrons. The van der Waals surface area contributed by atoms with Crippen molar-refractivity contribution in [3.63, 3.8) is 0 Å². The summed E-state index contributed by atoms with van der Waals surface area (Å²) in [4.78, 5) is 13.7. The summed E-state index contributed by atoms with van der Waals surface area (Å²) in [6.45, 7) is 8.08. The Hall–Kier alpha value is -0.840. The molecule has 0 aromatic rings. The van der Waals surface area contributed by atoms with Gasteiger partial charge in [-0.2, -0.15) is 0 Å². The van der Waals surface area contributed by atoms with Gasteiger partial charge in [-0.05, 0) is 27.2 Å². The Morgan fingerprint density at radius 1 is 1.56 bits per heavy atom. The zero-order valence-corrected chi connectivity index (χ0v) is 11.5. The molecule has 4 nitrogen and oxygen atoms in total. The molecular weight excluding hydrogens is 235 g/mol. The molecule has 2 aliphatic rings. The molecule has 0 aliphatic carbocycles. The molecule has 1 N–H and O–H groups in total. The second kappa shape index (κ2) is 4.68. The lowest BCUT2D eigenvalue weighted by Crippen LogP contribution is -2.39. The number of nitrogens with zero attached hydrogens (tertiary/aromatic N) is 1. The van der Waals surface area contributed by atoms with Crippen LogP contribution in [-0.2, 0) is 4.74 Å². The van der Waals surface area contributed by atoms with Crippen LogP contribution in [0.1, 0.15) is 27.2 Å². The van der Waals surface area contributed by atoms with Gasteiger partial charge in [0.25, 0.3) is 0 Å². The number of amides is 1. The third-order valence-corrected chi connectivity index (χ3v) is 3.96. The van der Waals surface area contributed by atoms with Crippen molar-refractivity contribution < 1.29 is 13.9 Å². The fraction of sp³-hybridized carbons (Fsp3) is 0.923. The van der Waals surface area contributed by atoms with E-state index in [1.165, 1.54) is 0 Å². The van der Waals surface area contributed by atoms with Crippen molar-refractivity contribution >= 4 is 6.09 Å². The van der Waals surface area contributed by atoms with Crippen molar-refractivity contribution in [3.05, 3.63) is 0 Å². The molecule has 2 saturated heterocycles. The fourth-order valence-corrected chi connectivity index (χ4v) is 2.93. The van der Waals surface area contributed by atoms with Gasteiger partial charge in [0.05, 0.1) is 6.67 Å². The summed E-state index contributed by atoms with van der Waals surface area (Å²) in [7, 11) is 0. The second-order valence-corrected chi connectivity index (χ2v) is 6.50. The lowest BCUT2D eigenvalue weighted by molar-refractivity contribution is 0.0264. The number of hydrogen-bond acceptors (Lipinski definition) is 3. The van der Waals surface area contributed by atoms with Gasteiger partial charge in [0.15, 0.2) is 0 Å². The van der Waals surface area contributed by atoms with E-state index in [9.17, 15) is 9.18 Å². The summed E-state index contributed by atoms with van der Waals surface area (Å²) in [6, 6.07) is 0. The summed E-state index contributed by atoms with van der Waals surface area (Å²) in [5.41, 5.74) is -0.550. The van der Waals surface area contributed by atoms with Gasteiger partial charge in [0.2, 0.25) is 0 Å². The molecule has 0 saturated carbocycles. The summed E-state index contributed by atoms with van der Waals surface area (Å²) in [5.74, 6) is 0.0323. The highest BCUT2D eigenvalue weighted by molar-refractivity contribution is 5.68. The maximum atomic E-state index is 13.0. The van der Waals surface area contributed by atoms with Crippen LogP contribution in [0.25, 0.3) is 0 Å². The van der Waals surface area contributed by atoms with Crippen LogP contribution in [0.4, 0.5) is 9.18 Å². The zero-order chi connectivity index (χ0) is 13.4. The minimum absolute atomic E-state index is 0.0323. The third-order valence-electron chi connectivity index (χ3n) is 3.96.